The van der Waals surface area contributed by atoms with E-state index >= 15 is 0 Å². The predicted octanol–water partition coefficient (Wildman–Crippen LogP) is 2.59. The number of halogens is 2. The third-order valence-electron chi connectivity index (χ3n) is 3.54. The highest BCUT2D eigenvalue weighted by Crippen LogP contribution is 2.23. The van der Waals surface area contributed by atoms with E-state index in [1.807, 2.05) is 0 Å². The highest BCUT2D eigenvalue weighted by atomic mass is 35.5. The lowest BCUT2D eigenvalue weighted by molar-refractivity contribution is -0.385. The molecule has 1 heterocycles. The summed E-state index contributed by atoms with van der Waals surface area (Å²) >= 11 is 11.8. The molecule has 26 heavy (non-hydrogen) atoms. The minimum absolute atomic E-state index is 0.199. The van der Waals surface area contributed by atoms with E-state index in [0.717, 1.165) is 22.4 Å². The molecule has 0 aliphatic rings. The van der Waals surface area contributed by atoms with Crippen LogP contribution in [0, 0.1) is 21.4 Å². The fourth-order valence-electron chi connectivity index (χ4n) is 2.18. The summed E-state index contributed by atoms with van der Waals surface area (Å²) in [4.78, 5) is 36.0. The van der Waals surface area contributed by atoms with Gasteiger partial charge in [-0.1, -0.05) is 29.3 Å². The van der Waals surface area contributed by atoms with Crippen LogP contribution in [0.4, 0.5) is 5.69 Å². The maximum atomic E-state index is 12.4. The van der Waals surface area contributed by atoms with Crippen LogP contribution in [0.15, 0.2) is 35.3 Å². The topological polar surface area (TPSA) is 109 Å². The Kier molecular flexibility index (Phi) is 5.97. The molecule has 2 aromatic rings. The molecule has 0 atom stereocenters. The van der Waals surface area contributed by atoms with Crippen LogP contribution in [-0.4, -0.2) is 27.3 Å². The highest BCUT2D eigenvalue weighted by molar-refractivity contribution is 6.42. The normalized spacial score (nSPS) is 10.2. The number of benzene rings is 1. The summed E-state index contributed by atoms with van der Waals surface area (Å²) in [7, 11) is 1.51. The summed E-state index contributed by atoms with van der Waals surface area (Å²) in [6, 6.07) is 7.38. The Bertz CT molecular complexity index is 981. The van der Waals surface area contributed by atoms with E-state index in [1.54, 1.807) is 24.3 Å². The molecular weight excluding hydrogens is 383 g/mol. The quantitative estimate of drug-likeness (QED) is 0.571. The van der Waals surface area contributed by atoms with Crippen LogP contribution in [0.5, 0.6) is 0 Å². The van der Waals surface area contributed by atoms with Crippen LogP contribution < -0.4 is 5.56 Å². The van der Waals surface area contributed by atoms with Crippen molar-refractivity contribution in [2.45, 2.75) is 13.1 Å². The molecule has 0 N–H and O–H groups in total. The van der Waals surface area contributed by atoms with Crippen LogP contribution in [0.3, 0.4) is 0 Å². The Hall–Kier alpha value is -2.89. The van der Waals surface area contributed by atoms with E-state index in [9.17, 15) is 19.7 Å². The Morgan fingerprint density at radius 3 is 2.62 bits per heavy atom. The van der Waals surface area contributed by atoms with Crippen LogP contribution in [-0.2, 0) is 17.9 Å². The maximum absolute atomic E-state index is 12.4. The molecule has 2 rings (SSSR count). The molecular formula is C16H12Cl2N4O4. The number of carbonyl (C=O) groups excluding carboxylic acids is 1. The first kappa shape index (κ1) is 19.4. The van der Waals surface area contributed by atoms with Crippen LogP contribution >= 0.6 is 23.2 Å². The van der Waals surface area contributed by atoms with Crippen molar-refractivity contribution in [1.29, 1.82) is 5.26 Å². The smallest absolute Gasteiger partial charge is 0.287 e. The third kappa shape index (κ3) is 4.39. The predicted molar refractivity (Wildman–Crippen MR) is 95.0 cm³/mol. The molecule has 0 radical (unpaired) electrons. The number of hydrogen-bond donors (Lipinski definition) is 0. The van der Waals surface area contributed by atoms with Gasteiger partial charge in [-0.25, -0.2) is 0 Å². The SMILES string of the molecule is CN(Cc1ccc(Cl)c(Cl)c1)C(=O)Cn1cc([N+](=O)[O-])cc(C#N)c1=O. The molecule has 0 unspecified atom stereocenters. The van der Waals surface area contributed by atoms with Gasteiger partial charge in [-0.05, 0) is 17.7 Å². The molecule has 10 heteroatoms. The zero-order valence-electron chi connectivity index (χ0n) is 13.5. The molecule has 0 bridgehead atoms. The number of pyridine rings is 1. The molecule has 8 nitrogen and oxygen atoms in total. The van der Waals surface area contributed by atoms with Gasteiger partial charge in [0.25, 0.3) is 11.2 Å². The minimum Gasteiger partial charge on any atom is -0.340 e. The molecule has 0 aliphatic heterocycles. The molecule has 0 spiro atoms. The number of amides is 1. The van der Waals surface area contributed by atoms with Crippen molar-refractivity contribution in [1.82, 2.24) is 9.47 Å². The monoisotopic (exact) mass is 394 g/mol. The van der Waals surface area contributed by atoms with Gasteiger partial charge in [0.2, 0.25) is 5.91 Å². The van der Waals surface area contributed by atoms with Crippen LogP contribution in [0.1, 0.15) is 11.1 Å². The van der Waals surface area contributed by atoms with Gasteiger partial charge in [0.1, 0.15) is 18.2 Å². The summed E-state index contributed by atoms with van der Waals surface area (Å²) < 4.78 is 0.852. The lowest BCUT2D eigenvalue weighted by Crippen LogP contribution is -2.34. The average Bonchev–Trinajstić information content (AvgIpc) is 2.59. The van der Waals surface area contributed by atoms with Crippen molar-refractivity contribution in [2.24, 2.45) is 0 Å². The lowest BCUT2D eigenvalue weighted by Gasteiger charge is -2.18. The molecule has 1 aromatic carbocycles. The standard InChI is InChI=1S/C16H12Cl2N4O4/c1-20(7-10-2-3-13(17)14(18)4-10)15(23)9-21-8-12(22(25)26)5-11(6-19)16(21)24/h2-5,8H,7,9H2,1H3. The molecule has 0 saturated carbocycles. The second kappa shape index (κ2) is 7.99. The average molecular weight is 395 g/mol. The molecule has 134 valence electrons. The number of carbonyl (C=O) groups is 1. The van der Waals surface area contributed by atoms with E-state index in [4.69, 9.17) is 28.5 Å². The highest BCUT2D eigenvalue weighted by Gasteiger charge is 2.17. The summed E-state index contributed by atoms with van der Waals surface area (Å²) in [6.45, 7) is -0.239. The third-order valence-corrected chi connectivity index (χ3v) is 4.28. The first-order valence-electron chi connectivity index (χ1n) is 7.19. The van der Waals surface area contributed by atoms with Crippen molar-refractivity contribution in [2.75, 3.05) is 7.05 Å². The second-order valence-corrected chi connectivity index (χ2v) is 6.23. The van der Waals surface area contributed by atoms with E-state index in [-0.39, 0.29) is 6.54 Å². The number of nitrogens with zero attached hydrogens (tertiary/aromatic N) is 4. The number of nitro groups is 1. The van der Waals surface area contributed by atoms with Gasteiger partial charge in [-0.15, -0.1) is 0 Å². The molecule has 0 saturated heterocycles. The lowest BCUT2D eigenvalue weighted by atomic mass is 10.2. The van der Waals surface area contributed by atoms with Crippen LogP contribution in [0.2, 0.25) is 10.0 Å². The zero-order valence-corrected chi connectivity index (χ0v) is 15.0. The van der Waals surface area contributed by atoms with Crippen LogP contribution in [0.25, 0.3) is 0 Å². The molecule has 0 aliphatic carbocycles. The summed E-state index contributed by atoms with van der Waals surface area (Å²) in [5.41, 5.74) is -0.894. The molecule has 0 fully saturated rings. The van der Waals surface area contributed by atoms with Gasteiger partial charge in [0, 0.05) is 19.7 Å². The van der Waals surface area contributed by atoms with E-state index < -0.39 is 34.2 Å². The van der Waals surface area contributed by atoms with Gasteiger partial charge in [0.15, 0.2) is 0 Å². The first-order chi connectivity index (χ1) is 12.2. The summed E-state index contributed by atoms with van der Waals surface area (Å²) in [5.74, 6) is -0.470. The first-order valence-corrected chi connectivity index (χ1v) is 7.95. The van der Waals surface area contributed by atoms with Gasteiger partial charge in [-0.2, -0.15) is 5.26 Å². The van der Waals surface area contributed by atoms with Gasteiger partial charge in [0.05, 0.1) is 21.2 Å². The largest absolute Gasteiger partial charge is 0.340 e. The van der Waals surface area contributed by atoms with Gasteiger partial charge in [-0.3, -0.25) is 24.3 Å². The van der Waals surface area contributed by atoms with Crippen molar-refractivity contribution >= 4 is 34.8 Å². The van der Waals surface area contributed by atoms with Crippen molar-refractivity contribution < 1.29 is 9.72 Å². The number of nitriles is 1. The maximum Gasteiger partial charge on any atom is 0.287 e. The van der Waals surface area contributed by atoms with Gasteiger partial charge >= 0.3 is 0 Å². The van der Waals surface area contributed by atoms with Crippen molar-refractivity contribution in [3.8, 4) is 6.07 Å². The molecule has 1 amide bonds. The van der Waals surface area contributed by atoms with E-state index in [2.05, 4.69) is 0 Å². The Balaban J connectivity index is 2.22. The second-order valence-electron chi connectivity index (χ2n) is 5.41. The number of rotatable bonds is 5. The minimum atomic E-state index is -0.769. The van der Waals surface area contributed by atoms with E-state index in [1.165, 1.54) is 11.9 Å². The van der Waals surface area contributed by atoms with E-state index in [0.29, 0.717) is 10.0 Å². The summed E-state index contributed by atoms with van der Waals surface area (Å²) in [6.07, 6.45) is 0.939. The number of aromatic nitrogens is 1. The fourth-order valence-corrected chi connectivity index (χ4v) is 2.50. The van der Waals surface area contributed by atoms with Gasteiger partial charge < -0.3 is 4.90 Å². The Labute approximate surface area is 157 Å². The Morgan fingerprint density at radius 1 is 1.35 bits per heavy atom. The summed E-state index contributed by atoms with van der Waals surface area (Å²) in [5, 5.41) is 20.6. The molecule has 1 aromatic heterocycles. The van der Waals surface area contributed by atoms with Crippen molar-refractivity contribution in [3.63, 3.8) is 0 Å². The Morgan fingerprint density at radius 2 is 2.04 bits per heavy atom. The fraction of sp³-hybridized carbons (Fsp3) is 0.188. The number of likely N-dealkylation sites (N-methyl/N-ethyl adjacent to an activating group) is 1. The zero-order chi connectivity index (χ0) is 19.4. The van der Waals surface area contributed by atoms with Crippen molar-refractivity contribution in [3.05, 3.63) is 72.1 Å². The number of hydrogen-bond acceptors (Lipinski definition) is 5.